The molecule has 35 heavy (non-hydrogen) atoms. The summed E-state index contributed by atoms with van der Waals surface area (Å²) in [5.41, 5.74) is 1.86. The standard InChI is InChI=1S/C26H24N2O6S/c1-18-24(27-25(34-18)19-8-5-4-6-9-19)17-33-26(29)20-10-7-11-23(16-20)35(30,31)28(2)21-12-14-22(32-3)15-13-21/h4-16H,17H2,1-3H3. The average molecular weight is 493 g/mol. The molecule has 3 aromatic carbocycles. The van der Waals surface area contributed by atoms with Crippen molar-refractivity contribution in [3.05, 3.63) is 95.9 Å². The van der Waals surface area contributed by atoms with E-state index in [1.54, 1.807) is 31.2 Å². The summed E-state index contributed by atoms with van der Waals surface area (Å²) in [7, 11) is -0.933. The van der Waals surface area contributed by atoms with Crippen molar-refractivity contribution < 1.29 is 27.1 Å². The van der Waals surface area contributed by atoms with E-state index in [0.717, 1.165) is 9.87 Å². The topological polar surface area (TPSA) is 98.9 Å². The lowest BCUT2D eigenvalue weighted by atomic mass is 10.2. The van der Waals surface area contributed by atoms with Crippen LogP contribution in [-0.2, 0) is 21.4 Å². The van der Waals surface area contributed by atoms with E-state index in [0.29, 0.717) is 28.8 Å². The second-order valence-corrected chi connectivity index (χ2v) is 9.63. The molecule has 1 aromatic heterocycles. The lowest BCUT2D eigenvalue weighted by molar-refractivity contribution is 0.0466. The van der Waals surface area contributed by atoms with Crippen molar-refractivity contribution in [3.63, 3.8) is 0 Å². The molecule has 4 aromatic rings. The molecular weight excluding hydrogens is 468 g/mol. The number of carbonyl (C=O) groups is 1. The van der Waals surface area contributed by atoms with Crippen molar-refractivity contribution in [2.24, 2.45) is 0 Å². The number of aromatic nitrogens is 1. The molecule has 0 spiro atoms. The van der Waals surface area contributed by atoms with Gasteiger partial charge in [0.05, 0.1) is 23.3 Å². The molecule has 1 heterocycles. The zero-order valence-electron chi connectivity index (χ0n) is 19.5. The molecule has 180 valence electrons. The maximum atomic E-state index is 13.1. The first-order valence-electron chi connectivity index (χ1n) is 10.7. The second kappa shape index (κ2) is 10.0. The van der Waals surface area contributed by atoms with Crippen molar-refractivity contribution in [2.45, 2.75) is 18.4 Å². The number of sulfonamides is 1. The molecule has 0 radical (unpaired) electrons. The largest absolute Gasteiger partial charge is 0.497 e. The Bertz CT molecular complexity index is 1430. The molecule has 0 N–H and O–H groups in total. The predicted octanol–water partition coefficient (Wildman–Crippen LogP) is 4.84. The fourth-order valence-corrected chi connectivity index (χ4v) is 4.60. The molecule has 0 unspecified atom stereocenters. The van der Waals surface area contributed by atoms with Crippen molar-refractivity contribution in [3.8, 4) is 17.2 Å². The number of aryl methyl sites for hydroxylation is 1. The van der Waals surface area contributed by atoms with Crippen LogP contribution in [-0.4, -0.2) is 33.5 Å². The van der Waals surface area contributed by atoms with Gasteiger partial charge >= 0.3 is 5.97 Å². The number of methoxy groups -OCH3 is 1. The third-order valence-corrected chi connectivity index (χ3v) is 7.20. The highest BCUT2D eigenvalue weighted by atomic mass is 32.2. The van der Waals surface area contributed by atoms with Gasteiger partial charge in [0.2, 0.25) is 5.89 Å². The fourth-order valence-electron chi connectivity index (χ4n) is 3.36. The summed E-state index contributed by atoms with van der Waals surface area (Å²) in [5, 5.41) is 0. The molecule has 0 bridgehead atoms. The summed E-state index contributed by atoms with van der Waals surface area (Å²) in [6, 6.07) is 21.7. The Morgan fingerprint density at radius 3 is 2.40 bits per heavy atom. The van der Waals surface area contributed by atoms with Crippen LogP contribution in [0.4, 0.5) is 5.69 Å². The first-order chi connectivity index (χ1) is 16.8. The lowest BCUT2D eigenvalue weighted by Gasteiger charge is -2.20. The minimum Gasteiger partial charge on any atom is -0.497 e. The minimum atomic E-state index is -3.91. The van der Waals surface area contributed by atoms with Gasteiger partial charge < -0.3 is 13.9 Å². The number of anilines is 1. The molecular formula is C26H24N2O6S. The van der Waals surface area contributed by atoms with E-state index in [1.165, 1.54) is 38.4 Å². The number of esters is 1. The molecule has 9 heteroatoms. The third-order valence-electron chi connectivity index (χ3n) is 5.42. The zero-order valence-corrected chi connectivity index (χ0v) is 20.3. The lowest BCUT2D eigenvalue weighted by Crippen LogP contribution is -2.26. The number of hydrogen-bond acceptors (Lipinski definition) is 7. The van der Waals surface area contributed by atoms with E-state index in [9.17, 15) is 13.2 Å². The molecule has 0 atom stereocenters. The van der Waals surface area contributed by atoms with E-state index in [4.69, 9.17) is 13.9 Å². The number of hydrogen-bond donors (Lipinski definition) is 0. The average Bonchev–Trinajstić information content (AvgIpc) is 3.27. The van der Waals surface area contributed by atoms with Crippen LogP contribution >= 0.6 is 0 Å². The number of rotatable bonds is 8. The summed E-state index contributed by atoms with van der Waals surface area (Å²) in [6.07, 6.45) is 0. The van der Waals surface area contributed by atoms with E-state index in [1.807, 2.05) is 30.3 Å². The first-order valence-corrected chi connectivity index (χ1v) is 12.2. The Kier molecular flexibility index (Phi) is 6.88. The summed E-state index contributed by atoms with van der Waals surface area (Å²) in [4.78, 5) is 17.1. The van der Waals surface area contributed by atoms with Gasteiger partial charge in [-0.05, 0) is 61.5 Å². The summed E-state index contributed by atoms with van der Waals surface area (Å²) >= 11 is 0. The molecule has 0 fully saturated rings. The SMILES string of the molecule is COc1ccc(N(C)S(=O)(=O)c2cccc(C(=O)OCc3nc(-c4ccccc4)oc3C)c2)cc1. The molecule has 0 amide bonds. The van der Waals surface area contributed by atoms with E-state index in [2.05, 4.69) is 4.98 Å². The quantitative estimate of drug-likeness (QED) is 0.325. The highest BCUT2D eigenvalue weighted by molar-refractivity contribution is 7.92. The highest BCUT2D eigenvalue weighted by Crippen LogP contribution is 2.25. The number of oxazole rings is 1. The Morgan fingerprint density at radius 2 is 1.71 bits per heavy atom. The molecule has 0 saturated heterocycles. The number of carbonyl (C=O) groups excluding carboxylic acids is 1. The smallest absolute Gasteiger partial charge is 0.338 e. The van der Waals surface area contributed by atoms with Crippen LogP contribution in [0.25, 0.3) is 11.5 Å². The monoisotopic (exact) mass is 492 g/mol. The molecule has 0 aliphatic rings. The van der Waals surface area contributed by atoms with Gasteiger partial charge in [0.15, 0.2) is 0 Å². The predicted molar refractivity (Wildman–Crippen MR) is 131 cm³/mol. The summed E-state index contributed by atoms with van der Waals surface area (Å²) in [5.74, 6) is 0.915. The van der Waals surface area contributed by atoms with Crippen LogP contribution in [0, 0.1) is 6.92 Å². The van der Waals surface area contributed by atoms with Gasteiger partial charge in [-0.3, -0.25) is 4.31 Å². The van der Waals surface area contributed by atoms with E-state index >= 15 is 0 Å². The van der Waals surface area contributed by atoms with Gasteiger partial charge in [-0.2, -0.15) is 0 Å². The van der Waals surface area contributed by atoms with Gasteiger partial charge in [-0.1, -0.05) is 24.3 Å². The molecule has 4 rings (SSSR count). The number of ether oxygens (including phenoxy) is 2. The van der Waals surface area contributed by atoms with Gasteiger partial charge in [0.25, 0.3) is 10.0 Å². The maximum Gasteiger partial charge on any atom is 0.338 e. The zero-order chi connectivity index (χ0) is 25.0. The molecule has 0 saturated carbocycles. The number of benzene rings is 3. The van der Waals surface area contributed by atoms with Gasteiger partial charge in [-0.15, -0.1) is 0 Å². The van der Waals surface area contributed by atoms with Crippen molar-refractivity contribution in [1.29, 1.82) is 0 Å². The maximum absolute atomic E-state index is 13.1. The third kappa shape index (κ3) is 5.20. The molecule has 8 nitrogen and oxygen atoms in total. The summed E-state index contributed by atoms with van der Waals surface area (Å²) in [6.45, 7) is 1.63. The first kappa shape index (κ1) is 24.0. The van der Waals surface area contributed by atoms with Gasteiger partial charge in [0, 0.05) is 12.6 Å². The molecule has 0 aliphatic heterocycles. The van der Waals surface area contributed by atoms with Crippen molar-refractivity contribution in [2.75, 3.05) is 18.5 Å². The van der Waals surface area contributed by atoms with Crippen molar-refractivity contribution >= 4 is 21.7 Å². The Hall–Kier alpha value is -4.11. The van der Waals surface area contributed by atoms with Crippen LogP contribution in [0.15, 0.2) is 88.2 Å². The Balaban J connectivity index is 1.48. The Labute approximate surface area is 203 Å². The molecule has 0 aliphatic carbocycles. The van der Waals surface area contributed by atoms with Crippen LogP contribution < -0.4 is 9.04 Å². The van der Waals surface area contributed by atoms with Crippen LogP contribution in [0.2, 0.25) is 0 Å². The normalized spacial score (nSPS) is 11.2. The number of nitrogens with zero attached hydrogens (tertiary/aromatic N) is 2. The van der Waals surface area contributed by atoms with Crippen molar-refractivity contribution in [1.82, 2.24) is 4.98 Å². The fraction of sp³-hybridized carbons (Fsp3) is 0.154. The van der Waals surface area contributed by atoms with E-state index in [-0.39, 0.29) is 17.1 Å². The summed E-state index contributed by atoms with van der Waals surface area (Å²) < 4.78 is 43.6. The second-order valence-electron chi connectivity index (χ2n) is 7.66. The van der Waals surface area contributed by atoms with Gasteiger partial charge in [0.1, 0.15) is 23.8 Å². The Morgan fingerprint density at radius 1 is 1.00 bits per heavy atom. The van der Waals surface area contributed by atoms with Crippen LogP contribution in [0.5, 0.6) is 5.75 Å². The van der Waals surface area contributed by atoms with E-state index < -0.39 is 16.0 Å². The van der Waals surface area contributed by atoms with Crippen LogP contribution in [0.3, 0.4) is 0 Å². The van der Waals surface area contributed by atoms with Crippen LogP contribution in [0.1, 0.15) is 21.8 Å². The minimum absolute atomic E-state index is 0.0331. The highest BCUT2D eigenvalue weighted by Gasteiger charge is 2.23. The van der Waals surface area contributed by atoms with Gasteiger partial charge in [-0.25, -0.2) is 18.2 Å².